The molecule has 0 bridgehead atoms. The number of thiol groups is 1. The smallest absolute Gasteiger partial charge is 0.0812 e. The summed E-state index contributed by atoms with van der Waals surface area (Å²) in [5.74, 6) is 0. The van der Waals surface area contributed by atoms with Crippen LogP contribution in [0.5, 0.6) is 0 Å². The van der Waals surface area contributed by atoms with Gasteiger partial charge < -0.3 is 0 Å². The molecule has 21 heavy (non-hydrogen) atoms. The Morgan fingerprint density at radius 2 is 1.67 bits per heavy atom. The summed E-state index contributed by atoms with van der Waals surface area (Å²) in [4.78, 5) is 4.14. The van der Waals surface area contributed by atoms with Crippen LogP contribution in [0.15, 0.2) is 29.8 Å². The molecule has 118 valence electrons. The zero-order chi connectivity index (χ0) is 15.2. The summed E-state index contributed by atoms with van der Waals surface area (Å²) in [6, 6.07) is 8.13. The first-order chi connectivity index (χ1) is 10.4. The molecule has 0 aliphatic heterocycles. The van der Waals surface area contributed by atoms with Crippen molar-refractivity contribution in [2.24, 2.45) is 0 Å². The van der Waals surface area contributed by atoms with Crippen LogP contribution in [0.2, 0.25) is 0 Å². The summed E-state index contributed by atoms with van der Waals surface area (Å²) in [5, 5.41) is 0. The van der Waals surface area contributed by atoms with Crippen molar-refractivity contribution in [1.29, 1.82) is 0 Å². The average Bonchev–Trinajstić information content (AvgIpc) is 2.99. The minimum absolute atomic E-state index is 1.05. The highest BCUT2D eigenvalue weighted by atomic mass is 32.1. The summed E-state index contributed by atoms with van der Waals surface area (Å²) in [7, 11) is 0. The Morgan fingerprint density at radius 1 is 1.00 bits per heavy atom. The van der Waals surface area contributed by atoms with Crippen LogP contribution in [0.4, 0.5) is 0 Å². The molecular weight excluding hydrogens is 296 g/mol. The predicted molar refractivity (Wildman–Crippen MR) is 99.2 cm³/mol. The van der Waals surface area contributed by atoms with Crippen LogP contribution >= 0.6 is 24.2 Å². The first-order valence-electron chi connectivity index (χ1n) is 8.03. The summed E-state index contributed by atoms with van der Waals surface area (Å²) in [6.07, 6.45) is 11.1. The second-order valence-corrected chi connectivity index (χ2v) is 6.41. The van der Waals surface area contributed by atoms with Crippen molar-refractivity contribution in [3.63, 3.8) is 0 Å². The lowest BCUT2D eigenvalue weighted by Gasteiger charge is -2.00. The van der Waals surface area contributed by atoms with Gasteiger partial charge in [-0.3, -0.25) is 4.72 Å². The number of thiazole rings is 1. The molecule has 1 N–H and O–H groups in total. The number of fused-ring (bicyclic) bond motifs is 1. The van der Waals surface area contributed by atoms with E-state index in [0.717, 1.165) is 12.1 Å². The van der Waals surface area contributed by atoms with E-state index in [-0.39, 0.29) is 0 Å². The lowest BCUT2D eigenvalue weighted by atomic mass is 10.1. The monoisotopic (exact) mass is 324 g/mol. The first kappa shape index (κ1) is 18.5. The van der Waals surface area contributed by atoms with Gasteiger partial charge >= 0.3 is 0 Å². The van der Waals surface area contributed by atoms with E-state index in [0.29, 0.717) is 0 Å². The third-order valence-electron chi connectivity index (χ3n) is 3.38. The van der Waals surface area contributed by atoms with Crippen LogP contribution < -0.4 is 4.72 Å². The summed E-state index contributed by atoms with van der Waals surface area (Å²) < 4.78 is 4.13. The predicted octanol–water partition coefficient (Wildman–Crippen LogP) is 5.86. The van der Waals surface area contributed by atoms with Crippen LogP contribution in [0, 0.1) is 0 Å². The highest BCUT2D eigenvalue weighted by Gasteiger charge is 1.90. The molecule has 0 fully saturated rings. The van der Waals surface area contributed by atoms with E-state index < -0.39 is 0 Å². The zero-order valence-corrected chi connectivity index (χ0v) is 14.8. The fourth-order valence-electron chi connectivity index (χ4n) is 2.14. The first-order valence-corrected chi connectivity index (χ1v) is 9.36. The van der Waals surface area contributed by atoms with Gasteiger partial charge in [0.15, 0.2) is 0 Å². The van der Waals surface area contributed by atoms with Gasteiger partial charge in [-0.15, -0.1) is 11.3 Å². The summed E-state index contributed by atoms with van der Waals surface area (Å²) in [6.45, 7) is 3.32. The molecule has 0 spiro atoms. The van der Waals surface area contributed by atoms with Gasteiger partial charge in [0.25, 0.3) is 0 Å². The number of nitrogens with zero attached hydrogens (tertiary/aromatic N) is 1. The summed E-state index contributed by atoms with van der Waals surface area (Å²) in [5.41, 5.74) is 2.97. The molecule has 0 saturated heterocycles. The van der Waals surface area contributed by atoms with Crippen molar-refractivity contribution < 1.29 is 0 Å². The third kappa shape index (κ3) is 9.12. The molecule has 0 aliphatic carbocycles. The number of para-hydroxylation sites is 1. The van der Waals surface area contributed by atoms with Gasteiger partial charge in [-0.25, -0.2) is 4.98 Å². The average molecular weight is 325 g/mol. The molecule has 0 radical (unpaired) electrons. The normalized spacial score (nSPS) is 10.4. The minimum atomic E-state index is 1.05. The quantitative estimate of drug-likeness (QED) is 0.446. The van der Waals surface area contributed by atoms with Crippen molar-refractivity contribution in [2.75, 3.05) is 6.54 Å². The van der Waals surface area contributed by atoms with Crippen molar-refractivity contribution in [1.82, 2.24) is 9.71 Å². The number of aromatic nitrogens is 1. The van der Waals surface area contributed by atoms with Crippen molar-refractivity contribution in [2.45, 2.75) is 58.3 Å². The third-order valence-corrected chi connectivity index (χ3v) is 4.41. The Labute approximate surface area is 138 Å². The standard InChI is InChI=1S/C10H23NS.C7H5NS/c1-2-3-4-5-6-7-8-9-10-11-12;1-2-4-7-6(3-1)8-5-9-7/h11-12H,2-10H2,1H3;1-5H. The van der Waals surface area contributed by atoms with Gasteiger partial charge in [-0.2, -0.15) is 0 Å². The van der Waals surface area contributed by atoms with E-state index in [1.165, 1.54) is 56.1 Å². The van der Waals surface area contributed by atoms with Crippen molar-refractivity contribution in [3.05, 3.63) is 29.8 Å². The van der Waals surface area contributed by atoms with E-state index in [9.17, 15) is 0 Å². The van der Waals surface area contributed by atoms with E-state index in [2.05, 4.69) is 35.5 Å². The molecule has 0 saturated carbocycles. The molecule has 0 aliphatic rings. The van der Waals surface area contributed by atoms with Crippen LogP contribution in [0.3, 0.4) is 0 Å². The topological polar surface area (TPSA) is 24.9 Å². The van der Waals surface area contributed by atoms with Crippen LogP contribution in [0.25, 0.3) is 10.2 Å². The molecule has 2 aromatic rings. The summed E-state index contributed by atoms with van der Waals surface area (Å²) >= 11 is 5.62. The number of hydrogen-bond acceptors (Lipinski definition) is 4. The molecular formula is C17H28N2S2. The minimum Gasteiger partial charge on any atom is -0.267 e. The van der Waals surface area contributed by atoms with Crippen LogP contribution in [-0.4, -0.2) is 11.5 Å². The van der Waals surface area contributed by atoms with Crippen molar-refractivity contribution in [3.8, 4) is 0 Å². The number of unbranched alkanes of at least 4 members (excludes halogenated alkanes) is 7. The Bertz CT molecular complexity index is 416. The molecule has 1 aromatic heterocycles. The van der Waals surface area contributed by atoms with E-state index in [1.807, 2.05) is 23.7 Å². The van der Waals surface area contributed by atoms with E-state index in [1.54, 1.807) is 11.3 Å². The number of nitrogens with one attached hydrogen (secondary N) is 1. The van der Waals surface area contributed by atoms with Crippen LogP contribution in [0.1, 0.15) is 58.3 Å². The van der Waals surface area contributed by atoms with Gasteiger partial charge in [0, 0.05) is 6.54 Å². The van der Waals surface area contributed by atoms with Crippen LogP contribution in [-0.2, 0) is 0 Å². The van der Waals surface area contributed by atoms with Gasteiger partial charge in [0.05, 0.1) is 15.7 Å². The Balaban J connectivity index is 0.000000216. The van der Waals surface area contributed by atoms with Gasteiger partial charge in [-0.05, 0) is 18.6 Å². The second-order valence-electron chi connectivity index (χ2n) is 5.20. The van der Waals surface area contributed by atoms with E-state index >= 15 is 0 Å². The van der Waals surface area contributed by atoms with Gasteiger partial charge in [-0.1, -0.05) is 76.8 Å². The number of hydrogen-bond donors (Lipinski definition) is 2. The highest BCUT2D eigenvalue weighted by Crippen LogP contribution is 2.15. The Morgan fingerprint density at radius 3 is 2.33 bits per heavy atom. The lowest BCUT2D eigenvalue weighted by Crippen LogP contribution is -1.99. The van der Waals surface area contributed by atoms with Gasteiger partial charge in [0.2, 0.25) is 0 Å². The molecule has 0 unspecified atom stereocenters. The Hall–Kier alpha value is -0.580. The fourth-order valence-corrected chi connectivity index (χ4v) is 2.98. The number of rotatable bonds is 9. The maximum absolute atomic E-state index is 4.14. The SMILES string of the molecule is CCCCCCCCCCNS.c1ccc2scnc2c1. The van der Waals surface area contributed by atoms with E-state index in [4.69, 9.17) is 0 Å². The highest BCUT2D eigenvalue weighted by molar-refractivity contribution is 7.78. The second kappa shape index (κ2) is 13.1. The Kier molecular flexibility index (Phi) is 11.5. The maximum atomic E-state index is 4.14. The molecule has 4 heteroatoms. The molecule has 2 nitrogen and oxygen atoms in total. The largest absolute Gasteiger partial charge is 0.267 e. The molecule has 1 aromatic carbocycles. The maximum Gasteiger partial charge on any atom is 0.0812 e. The fraction of sp³-hybridized carbons (Fsp3) is 0.588. The molecule has 2 rings (SSSR count). The van der Waals surface area contributed by atoms with Crippen molar-refractivity contribution >= 4 is 34.4 Å². The van der Waals surface area contributed by atoms with Gasteiger partial charge in [0.1, 0.15) is 0 Å². The molecule has 0 atom stereocenters. The zero-order valence-electron chi connectivity index (χ0n) is 13.1. The number of benzene rings is 1. The lowest BCUT2D eigenvalue weighted by molar-refractivity contribution is 0.575. The molecule has 1 heterocycles. The molecule has 0 amide bonds.